The Balaban J connectivity index is 1.92. The highest BCUT2D eigenvalue weighted by Crippen LogP contribution is 2.33. The first kappa shape index (κ1) is 9.72. The monoisotopic (exact) mass is 186 g/mol. The summed E-state index contributed by atoms with van der Waals surface area (Å²) in [6.07, 6.45) is 5.72. The fourth-order valence-corrected chi connectivity index (χ4v) is 1.71. The Labute approximate surface area is 86.7 Å². The molecular weight excluding hydrogens is 170 g/mol. The van der Waals surface area contributed by atoms with Crippen LogP contribution in [0, 0.1) is 18.8 Å². The van der Waals surface area contributed by atoms with Crippen LogP contribution in [-0.2, 0) is 0 Å². The predicted molar refractivity (Wildman–Crippen MR) is 59.7 cm³/mol. The van der Waals surface area contributed by atoms with Gasteiger partial charge in [0.2, 0.25) is 0 Å². The van der Waals surface area contributed by atoms with Crippen molar-refractivity contribution in [2.24, 2.45) is 0 Å². The van der Waals surface area contributed by atoms with Gasteiger partial charge in [-0.3, -0.25) is 0 Å². The third-order valence-corrected chi connectivity index (χ3v) is 2.53. The molecule has 0 bridgehead atoms. The summed E-state index contributed by atoms with van der Waals surface area (Å²) in [6, 6.07) is 8.54. The highest BCUT2D eigenvalue weighted by Gasteiger charge is 2.21. The molecule has 1 aliphatic carbocycles. The van der Waals surface area contributed by atoms with Gasteiger partial charge in [0.15, 0.2) is 0 Å². The minimum atomic E-state index is 1.12. The Morgan fingerprint density at radius 3 is 2.07 bits per heavy atom. The zero-order valence-corrected chi connectivity index (χ0v) is 8.83. The summed E-state index contributed by atoms with van der Waals surface area (Å²) in [5.41, 5.74) is 2.72. The second-order valence-electron chi connectivity index (χ2n) is 4.05. The predicted octanol–water partition coefficient (Wildman–Crippen LogP) is 2.33. The lowest BCUT2D eigenvalue weighted by atomic mass is 10.0. The van der Waals surface area contributed by atoms with E-state index < -0.39 is 0 Å². The molecule has 0 aliphatic heterocycles. The van der Waals surface area contributed by atoms with Crippen molar-refractivity contribution >= 4 is 0 Å². The second kappa shape index (κ2) is 4.14. The number of nitrogens with zero attached hydrogens (tertiary/aromatic N) is 1. The largest absolute Gasteiger partial charge is 0.309 e. The maximum Gasteiger partial charge on any atom is -0.00154 e. The smallest absolute Gasteiger partial charge is 0.00154 e. The minimum Gasteiger partial charge on any atom is -0.309 e. The molecule has 3 radical (unpaired) electrons. The zero-order valence-electron chi connectivity index (χ0n) is 8.83. The van der Waals surface area contributed by atoms with E-state index in [0.717, 1.165) is 13.0 Å². The van der Waals surface area contributed by atoms with E-state index in [1.807, 2.05) is 0 Å². The SMILES string of the molecule is CN(C)CC[C]1[CH]c2ccccc2[CH]1. The molecule has 0 unspecified atom stereocenters. The Morgan fingerprint density at radius 2 is 1.57 bits per heavy atom. The van der Waals surface area contributed by atoms with Crippen LogP contribution in [0.4, 0.5) is 0 Å². The second-order valence-corrected chi connectivity index (χ2v) is 4.05. The van der Waals surface area contributed by atoms with Crippen LogP contribution in [-0.4, -0.2) is 25.5 Å². The molecule has 0 heterocycles. The van der Waals surface area contributed by atoms with E-state index >= 15 is 0 Å². The lowest BCUT2D eigenvalue weighted by molar-refractivity contribution is 0.408. The molecule has 1 nitrogen and oxygen atoms in total. The fraction of sp³-hybridized carbons (Fsp3) is 0.308. The topological polar surface area (TPSA) is 3.24 Å². The van der Waals surface area contributed by atoms with E-state index in [2.05, 4.69) is 56.1 Å². The van der Waals surface area contributed by atoms with Crippen LogP contribution < -0.4 is 0 Å². The van der Waals surface area contributed by atoms with Gasteiger partial charge in [0.25, 0.3) is 0 Å². The van der Waals surface area contributed by atoms with Crippen molar-refractivity contribution in [1.82, 2.24) is 4.90 Å². The van der Waals surface area contributed by atoms with Gasteiger partial charge in [-0.25, -0.2) is 0 Å². The normalized spacial score (nSPS) is 16.2. The third kappa shape index (κ3) is 2.16. The molecule has 1 heteroatoms. The molecule has 1 aromatic rings. The van der Waals surface area contributed by atoms with E-state index in [-0.39, 0.29) is 0 Å². The molecule has 0 saturated heterocycles. The maximum atomic E-state index is 2.29. The van der Waals surface area contributed by atoms with Gasteiger partial charge in [0.05, 0.1) is 0 Å². The standard InChI is InChI=1S/C13H16N/c1-14(2)8-7-11-9-12-5-3-4-6-13(12)10-11/h3-6,9-10H,7-8H2,1-2H3. The molecule has 0 atom stereocenters. The van der Waals surface area contributed by atoms with Gasteiger partial charge < -0.3 is 4.90 Å². The summed E-state index contributed by atoms with van der Waals surface area (Å²) in [5.74, 6) is 1.44. The lowest BCUT2D eigenvalue weighted by Crippen LogP contribution is -2.15. The van der Waals surface area contributed by atoms with Crippen LogP contribution in [0.15, 0.2) is 24.3 Å². The molecule has 73 valence electrons. The van der Waals surface area contributed by atoms with Crippen molar-refractivity contribution in [2.45, 2.75) is 6.42 Å². The number of hydrogen-bond donors (Lipinski definition) is 0. The zero-order chi connectivity index (χ0) is 9.97. The van der Waals surface area contributed by atoms with Crippen LogP contribution in [0.25, 0.3) is 0 Å². The summed E-state index contributed by atoms with van der Waals surface area (Å²) in [7, 11) is 4.23. The quantitative estimate of drug-likeness (QED) is 0.700. The molecule has 0 saturated carbocycles. The number of rotatable bonds is 3. The first-order valence-corrected chi connectivity index (χ1v) is 5.05. The number of benzene rings is 1. The molecule has 1 aliphatic rings. The summed E-state index contributed by atoms with van der Waals surface area (Å²) < 4.78 is 0. The molecule has 0 spiro atoms. The Bertz CT molecular complexity index is 279. The van der Waals surface area contributed by atoms with Gasteiger partial charge in [-0.05, 0) is 56.9 Å². The average molecular weight is 186 g/mol. The highest BCUT2D eigenvalue weighted by atomic mass is 15.0. The summed E-state index contributed by atoms with van der Waals surface area (Å²) in [6.45, 7) is 1.12. The van der Waals surface area contributed by atoms with E-state index in [0.29, 0.717) is 0 Å². The fourth-order valence-electron chi connectivity index (χ4n) is 1.71. The lowest BCUT2D eigenvalue weighted by Gasteiger charge is -2.12. The maximum absolute atomic E-state index is 2.29. The van der Waals surface area contributed by atoms with Gasteiger partial charge >= 0.3 is 0 Å². The Kier molecular flexibility index (Phi) is 2.87. The Hall–Kier alpha value is -0.820. The van der Waals surface area contributed by atoms with Gasteiger partial charge in [0, 0.05) is 0 Å². The van der Waals surface area contributed by atoms with Crippen LogP contribution in [0.3, 0.4) is 0 Å². The molecule has 1 aromatic carbocycles. The summed E-state index contributed by atoms with van der Waals surface area (Å²) >= 11 is 0. The third-order valence-electron chi connectivity index (χ3n) is 2.53. The van der Waals surface area contributed by atoms with Crippen molar-refractivity contribution in [3.8, 4) is 0 Å². The van der Waals surface area contributed by atoms with Crippen molar-refractivity contribution in [3.63, 3.8) is 0 Å². The highest BCUT2D eigenvalue weighted by molar-refractivity contribution is 5.53. The van der Waals surface area contributed by atoms with Gasteiger partial charge in [-0.15, -0.1) is 0 Å². The first-order chi connectivity index (χ1) is 6.75. The van der Waals surface area contributed by atoms with Crippen LogP contribution in [0.1, 0.15) is 17.5 Å². The first-order valence-electron chi connectivity index (χ1n) is 5.05. The van der Waals surface area contributed by atoms with Crippen LogP contribution >= 0.6 is 0 Å². The average Bonchev–Trinajstić information content (AvgIpc) is 2.57. The van der Waals surface area contributed by atoms with Gasteiger partial charge in [-0.1, -0.05) is 24.3 Å². The molecule has 2 rings (SSSR count). The summed E-state index contributed by atoms with van der Waals surface area (Å²) in [4.78, 5) is 2.22. The molecular formula is C13H16N. The molecule has 0 fully saturated rings. The molecule has 14 heavy (non-hydrogen) atoms. The number of hydrogen-bond acceptors (Lipinski definition) is 1. The summed E-state index contributed by atoms with van der Waals surface area (Å²) in [5, 5.41) is 0. The van der Waals surface area contributed by atoms with Crippen molar-refractivity contribution in [2.75, 3.05) is 20.6 Å². The molecule has 0 N–H and O–H groups in total. The molecule has 0 aromatic heterocycles. The van der Waals surface area contributed by atoms with Gasteiger partial charge in [0.1, 0.15) is 0 Å². The number of fused-ring (bicyclic) bond motifs is 1. The van der Waals surface area contributed by atoms with E-state index in [1.54, 1.807) is 0 Å². The minimum absolute atomic E-state index is 1.12. The Morgan fingerprint density at radius 1 is 1.00 bits per heavy atom. The van der Waals surface area contributed by atoms with Gasteiger partial charge in [-0.2, -0.15) is 0 Å². The van der Waals surface area contributed by atoms with Crippen LogP contribution in [0.5, 0.6) is 0 Å². The van der Waals surface area contributed by atoms with Crippen molar-refractivity contribution in [1.29, 1.82) is 0 Å². The van der Waals surface area contributed by atoms with Crippen molar-refractivity contribution in [3.05, 3.63) is 54.2 Å². The van der Waals surface area contributed by atoms with E-state index in [4.69, 9.17) is 0 Å². The van der Waals surface area contributed by atoms with Crippen molar-refractivity contribution < 1.29 is 0 Å². The molecule has 0 amide bonds. The van der Waals surface area contributed by atoms with Crippen LogP contribution in [0.2, 0.25) is 0 Å². The van der Waals surface area contributed by atoms with E-state index in [1.165, 1.54) is 17.0 Å². The van der Waals surface area contributed by atoms with E-state index in [9.17, 15) is 0 Å².